The predicted molar refractivity (Wildman–Crippen MR) is 132 cm³/mol. The van der Waals surface area contributed by atoms with Crippen LogP contribution in [-0.4, -0.2) is 41.5 Å². The second kappa shape index (κ2) is 13.1. The summed E-state index contributed by atoms with van der Waals surface area (Å²) >= 11 is 0. The third kappa shape index (κ3) is 8.06. The third-order valence-corrected chi connectivity index (χ3v) is 5.34. The first-order valence-electron chi connectivity index (χ1n) is 11.4. The highest BCUT2D eigenvalue weighted by molar-refractivity contribution is 5.99. The first kappa shape index (κ1) is 28.7. The van der Waals surface area contributed by atoms with Crippen LogP contribution in [0.25, 0.3) is 0 Å². The number of anilines is 1. The fourth-order valence-electron chi connectivity index (χ4n) is 3.31. The molecule has 204 valence electrons. The molecule has 0 saturated carbocycles. The predicted octanol–water partition coefficient (Wildman–Crippen LogP) is 4.38. The Labute approximate surface area is 220 Å². The number of aryl methyl sites for hydroxylation is 1. The zero-order chi connectivity index (χ0) is 28.5. The van der Waals surface area contributed by atoms with Gasteiger partial charge in [0, 0.05) is 11.3 Å². The van der Waals surface area contributed by atoms with E-state index in [1.165, 1.54) is 24.3 Å². The van der Waals surface area contributed by atoms with Gasteiger partial charge in [-0.3, -0.25) is 19.7 Å². The molecule has 12 heteroatoms. The molecule has 0 saturated heterocycles. The summed E-state index contributed by atoms with van der Waals surface area (Å²) in [6.07, 6.45) is -1.59. The van der Waals surface area contributed by atoms with Crippen LogP contribution in [0.1, 0.15) is 27.9 Å². The number of hydrogen-bond donors (Lipinski definition) is 3. The average molecular weight is 544 g/mol. The van der Waals surface area contributed by atoms with Gasteiger partial charge in [0.25, 0.3) is 5.91 Å². The van der Waals surface area contributed by atoms with E-state index in [2.05, 4.69) is 10.6 Å². The Morgan fingerprint density at radius 2 is 1.62 bits per heavy atom. The lowest BCUT2D eigenvalue weighted by Crippen LogP contribution is -2.44. The molecule has 0 bridgehead atoms. The van der Waals surface area contributed by atoms with Crippen LogP contribution in [0, 0.1) is 24.4 Å². The Morgan fingerprint density at radius 3 is 2.26 bits per heavy atom. The number of carbonyl (C=O) groups is 4. The molecule has 3 aromatic carbocycles. The summed E-state index contributed by atoms with van der Waals surface area (Å²) in [7, 11) is 0. The second-order valence-electron chi connectivity index (χ2n) is 8.28. The number of carboxylic acids is 1. The van der Waals surface area contributed by atoms with E-state index < -0.39 is 66.0 Å². The van der Waals surface area contributed by atoms with Gasteiger partial charge < -0.3 is 19.9 Å². The zero-order valence-electron chi connectivity index (χ0n) is 20.5. The first-order chi connectivity index (χ1) is 18.5. The molecule has 0 aromatic heterocycles. The van der Waals surface area contributed by atoms with Gasteiger partial charge in [-0.2, -0.15) is 4.39 Å². The summed E-state index contributed by atoms with van der Waals surface area (Å²) in [5, 5.41) is 13.8. The molecule has 0 radical (unpaired) electrons. The van der Waals surface area contributed by atoms with Crippen molar-refractivity contribution in [2.45, 2.75) is 26.0 Å². The Hall–Kier alpha value is -4.87. The van der Waals surface area contributed by atoms with Gasteiger partial charge in [0.2, 0.25) is 5.82 Å². The van der Waals surface area contributed by atoms with Crippen LogP contribution < -0.4 is 15.4 Å². The standard InChI is InChI=1S/C27H23F3N2O7/c1-15-11-19(28)24(30)25(23(15)29)38-14-21(33)20(12-22(34)35)32-26(36)17-7-9-18(10-8-17)31-27(37)39-13-16-5-3-2-4-6-16/h2-11,20H,12-14H2,1H3,(H,31,37)(H,32,36)(H,34,35)/t20-/m0/s1. The summed E-state index contributed by atoms with van der Waals surface area (Å²) < 4.78 is 51.5. The van der Waals surface area contributed by atoms with Gasteiger partial charge in [-0.15, -0.1) is 0 Å². The van der Waals surface area contributed by atoms with Crippen molar-refractivity contribution >= 4 is 29.4 Å². The third-order valence-electron chi connectivity index (χ3n) is 5.34. The number of nitrogens with one attached hydrogen (secondary N) is 2. The van der Waals surface area contributed by atoms with E-state index in [0.29, 0.717) is 11.8 Å². The molecule has 39 heavy (non-hydrogen) atoms. The highest BCUT2D eigenvalue weighted by Gasteiger charge is 2.26. The second-order valence-corrected chi connectivity index (χ2v) is 8.28. The molecule has 0 aliphatic rings. The fraction of sp³-hybridized carbons (Fsp3) is 0.185. The van der Waals surface area contributed by atoms with Crippen LogP contribution in [0.3, 0.4) is 0 Å². The summed E-state index contributed by atoms with van der Waals surface area (Å²) in [5.41, 5.74) is 0.830. The molecule has 9 nitrogen and oxygen atoms in total. The summed E-state index contributed by atoms with van der Waals surface area (Å²) in [4.78, 5) is 48.4. The number of carboxylic acid groups (broad SMARTS) is 1. The fourth-order valence-corrected chi connectivity index (χ4v) is 3.31. The van der Waals surface area contributed by atoms with E-state index in [1.54, 1.807) is 24.3 Å². The van der Waals surface area contributed by atoms with Crippen LogP contribution in [0.15, 0.2) is 60.7 Å². The Bertz CT molecular complexity index is 1340. The summed E-state index contributed by atoms with van der Waals surface area (Å²) in [6.45, 7) is 0.172. The molecule has 3 N–H and O–H groups in total. The van der Waals surface area contributed by atoms with Gasteiger partial charge in [0.15, 0.2) is 23.2 Å². The monoisotopic (exact) mass is 544 g/mol. The molecular formula is C27H23F3N2O7. The van der Waals surface area contributed by atoms with Gasteiger partial charge in [0.1, 0.15) is 19.3 Å². The maximum atomic E-state index is 14.1. The van der Waals surface area contributed by atoms with Crippen LogP contribution >= 0.6 is 0 Å². The van der Waals surface area contributed by atoms with Crippen molar-refractivity contribution in [2.75, 3.05) is 11.9 Å². The van der Waals surface area contributed by atoms with Crippen LogP contribution in [-0.2, 0) is 20.9 Å². The topological polar surface area (TPSA) is 131 Å². The number of ketones is 1. The number of carbonyl (C=O) groups excluding carboxylic acids is 3. The van der Waals surface area contributed by atoms with E-state index in [0.717, 1.165) is 12.5 Å². The van der Waals surface area contributed by atoms with E-state index in [9.17, 15) is 32.3 Å². The molecule has 0 unspecified atom stereocenters. The van der Waals surface area contributed by atoms with Gasteiger partial charge in [-0.1, -0.05) is 30.3 Å². The van der Waals surface area contributed by atoms with Gasteiger partial charge >= 0.3 is 12.1 Å². The Kier molecular flexibility index (Phi) is 9.63. The number of Topliss-reactive ketones (excluding diaryl/α,β-unsaturated/α-hetero) is 1. The normalized spacial score (nSPS) is 11.3. The summed E-state index contributed by atoms with van der Waals surface area (Å²) in [5.74, 6) is -8.71. The van der Waals surface area contributed by atoms with Crippen molar-refractivity contribution in [3.63, 3.8) is 0 Å². The Morgan fingerprint density at radius 1 is 0.949 bits per heavy atom. The summed E-state index contributed by atoms with van der Waals surface area (Å²) in [6, 6.07) is 13.4. The lowest BCUT2D eigenvalue weighted by molar-refractivity contribution is -0.139. The van der Waals surface area contributed by atoms with Crippen molar-refractivity contribution in [3.8, 4) is 5.75 Å². The molecule has 0 spiro atoms. The molecular weight excluding hydrogens is 521 g/mol. The molecule has 0 heterocycles. The number of rotatable bonds is 11. The number of halogens is 3. The van der Waals surface area contributed by atoms with E-state index >= 15 is 0 Å². The maximum absolute atomic E-state index is 14.1. The lowest BCUT2D eigenvalue weighted by Gasteiger charge is -2.17. The number of aliphatic carboxylic acids is 1. The van der Waals surface area contributed by atoms with Gasteiger partial charge in [-0.25, -0.2) is 13.6 Å². The number of ether oxygens (including phenoxy) is 2. The van der Waals surface area contributed by atoms with Crippen molar-refractivity contribution in [1.82, 2.24) is 5.32 Å². The van der Waals surface area contributed by atoms with Crippen LogP contribution in [0.4, 0.5) is 23.7 Å². The minimum Gasteiger partial charge on any atom is -0.481 e. The lowest BCUT2D eigenvalue weighted by atomic mass is 10.1. The van der Waals surface area contributed by atoms with Gasteiger partial charge in [-0.05, 0) is 48.4 Å². The van der Waals surface area contributed by atoms with Crippen molar-refractivity contribution < 1.29 is 46.9 Å². The smallest absolute Gasteiger partial charge is 0.411 e. The van der Waals surface area contributed by atoms with E-state index in [-0.39, 0.29) is 17.7 Å². The van der Waals surface area contributed by atoms with E-state index in [1.807, 2.05) is 6.07 Å². The highest BCUT2D eigenvalue weighted by atomic mass is 19.2. The first-order valence-corrected chi connectivity index (χ1v) is 11.4. The van der Waals surface area contributed by atoms with Crippen molar-refractivity contribution in [3.05, 3.63) is 94.8 Å². The SMILES string of the molecule is Cc1cc(F)c(F)c(OCC(=O)[C@H](CC(=O)O)NC(=O)c2ccc(NC(=O)OCc3ccccc3)cc2)c1F. The van der Waals surface area contributed by atoms with E-state index in [4.69, 9.17) is 14.6 Å². The van der Waals surface area contributed by atoms with Crippen molar-refractivity contribution in [1.29, 1.82) is 0 Å². The number of hydrogen-bond acceptors (Lipinski definition) is 6. The molecule has 0 fully saturated rings. The molecule has 0 aliphatic heterocycles. The van der Waals surface area contributed by atoms with Gasteiger partial charge in [0.05, 0.1) is 6.42 Å². The quantitative estimate of drug-likeness (QED) is 0.305. The van der Waals surface area contributed by atoms with Crippen molar-refractivity contribution in [2.24, 2.45) is 0 Å². The number of benzene rings is 3. The number of amides is 2. The molecule has 0 aliphatic carbocycles. The molecule has 1 atom stereocenters. The van der Waals surface area contributed by atoms with Crippen LogP contribution in [0.5, 0.6) is 5.75 Å². The molecule has 3 rings (SSSR count). The zero-order valence-corrected chi connectivity index (χ0v) is 20.5. The maximum Gasteiger partial charge on any atom is 0.411 e. The largest absolute Gasteiger partial charge is 0.481 e. The highest BCUT2D eigenvalue weighted by Crippen LogP contribution is 2.27. The minimum atomic E-state index is -1.65. The minimum absolute atomic E-state index is 0.0140. The average Bonchev–Trinajstić information content (AvgIpc) is 2.91. The molecule has 2 amide bonds. The Balaban J connectivity index is 1.60. The molecule has 3 aromatic rings. The van der Waals surface area contributed by atoms with Crippen LogP contribution in [0.2, 0.25) is 0 Å².